The maximum absolute atomic E-state index is 15.6. The van der Waals surface area contributed by atoms with Crippen molar-refractivity contribution >= 4 is 30.8 Å². The number of methoxy groups -OCH3 is 1. The number of fused-ring (bicyclic) bond motifs is 1. The van der Waals surface area contributed by atoms with Gasteiger partial charge in [0, 0.05) is 0 Å². The molecule has 2 aromatic heterocycles. The summed E-state index contributed by atoms with van der Waals surface area (Å²) in [7, 11) is -3.19. The zero-order valence-corrected chi connectivity index (χ0v) is 20.1. The van der Waals surface area contributed by atoms with Crippen LogP contribution >= 0.6 is 7.75 Å². The van der Waals surface area contributed by atoms with Crippen LogP contribution in [0.3, 0.4) is 0 Å². The fourth-order valence-corrected chi connectivity index (χ4v) is 4.43. The second kappa shape index (κ2) is 9.68. The summed E-state index contributed by atoms with van der Waals surface area (Å²) < 4.78 is 49.8. The molecule has 6 atom stereocenters. The number of aromatic nitrogens is 4. The number of anilines is 1. The number of alkyl halides is 1. The molecule has 3 heterocycles. The Balaban J connectivity index is 1.74. The zero-order chi connectivity index (χ0) is 25.4. The Bertz CT molecular complexity index is 1100. The number of carbonyl (C=O) groups is 1. The second-order valence-electron chi connectivity index (χ2n) is 8.19. The maximum atomic E-state index is 15.6. The number of esters is 1. The highest BCUT2D eigenvalue weighted by molar-refractivity contribution is 7.50. The fourth-order valence-electron chi connectivity index (χ4n) is 3.41. The molecular formula is C18H28FN6O8P. The summed E-state index contributed by atoms with van der Waals surface area (Å²) in [6, 6.07) is -1.16. The van der Waals surface area contributed by atoms with Gasteiger partial charge in [-0.2, -0.15) is 9.97 Å². The van der Waals surface area contributed by atoms with Gasteiger partial charge in [-0.3, -0.25) is 13.9 Å². The molecule has 190 valence electrons. The number of nitrogens with zero attached hydrogens (tertiary/aromatic N) is 4. The smallest absolute Gasteiger partial charge is 0.403 e. The Labute approximate surface area is 194 Å². The van der Waals surface area contributed by atoms with E-state index in [9.17, 15) is 19.4 Å². The van der Waals surface area contributed by atoms with Crippen molar-refractivity contribution in [2.24, 2.45) is 0 Å². The van der Waals surface area contributed by atoms with Crippen LogP contribution in [0.5, 0.6) is 5.88 Å². The lowest BCUT2D eigenvalue weighted by Gasteiger charge is -2.24. The molecule has 5 N–H and O–H groups in total. The summed E-state index contributed by atoms with van der Waals surface area (Å²) in [4.78, 5) is 34.0. The average molecular weight is 506 g/mol. The minimum Gasteiger partial charge on any atom is -0.479 e. The number of nitrogens with one attached hydrogen (secondary N) is 1. The second-order valence-corrected chi connectivity index (χ2v) is 9.75. The van der Waals surface area contributed by atoms with E-state index in [0.29, 0.717) is 0 Å². The molecule has 0 amide bonds. The molecule has 1 fully saturated rings. The normalized spacial score (nSPS) is 27.6. The molecule has 1 saturated heterocycles. The van der Waals surface area contributed by atoms with E-state index in [2.05, 4.69) is 20.0 Å². The van der Waals surface area contributed by atoms with E-state index in [1.54, 1.807) is 13.8 Å². The summed E-state index contributed by atoms with van der Waals surface area (Å²) in [6.45, 7) is 5.00. The van der Waals surface area contributed by atoms with E-state index >= 15 is 4.39 Å². The maximum Gasteiger partial charge on any atom is 0.403 e. The summed E-state index contributed by atoms with van der Waals surface area (Å²) in [5.41, 5.74) is 3.59. The van der Waals surface area contributed by atoms with Crippen LogP contribution in [0.1, 0.15) is 33.9 Å². The molecule has 0 saturated carbocycles. The van der Waals surface area contributed by atoms with Gasteiger partial charge in [0.05, 0.1) is 26.1 Å². The van der Waals surface area contributed by atoms with E-state index in [-0.39, 0.29) is 23.0 Å². The molecule has 2 aromatic rings. The third kappa shape index (κ3) is 5.29. The van der Waals surface area contributed by atoms with Gasteiger partial charge in [0.1, 0.15) is 18.2 Å². The molecule has 0 radical (unpaired) electrons. The number of nitrogens with two attached hydrogens (primary N) is 1. The van der Waals surface area contributed by atoms with Gasteiger partial charge in [-0.05, 0) is 27.7 Å². The van der Waals surface area contributed by atoms with Crippen LogP contribution < -0.4 is 15.6 Å². The molecule has 16 heteroatoms. The van der Waals surface area contributed by atoms with Crippen LogP contribution in [0.2, 0.25) is 0 Å². The highest BCUT2D eigenvalue weighted by atomic mass is 31.2. The topological polar surface area (TPSA) is 193 Å². The monoisotopic (exact) mass is 506 g/mol. The van der Waals surface area contributed by atoms with Crippen molar-refractivity contribution in [1.29, 1.82) is 0 Å². The fraction of sp³-hybridized carbons (Fsp3) is 0.667. The van der Waals surface area contributed by atoms with Gasteiger partial charge in [-0.15, -0.1) is 0 Å². The lowest BCUT2D eigenvalue weighted by Crippen LogP contribution is -2.41. The van der Waals surface area contributed by atoms with E-state index in [1.807, 2.05) is 0 Å². The first-order valence-electron chi connectivity index (χ1n) is 10.3. The molecule has 1 aliphatic heterocycles. The molecule has 34 heavy (non-hydrogen) atoms. The van der Waals surface area contributed by atoms with Crippen molar-refractivity contribution in [3.63, 3.8) is 0 Å². The highest BCUT2D eigenvalue weighted by Crippen LogP contribution is 2.45. The lowest BCUT2D eigenvalue weighted by molar-refractivity contribution is -0.149. The van der Waals surface area contributed by atoms with Gasteiger partial charge in [-0.25, -0.2) is 19.0 Å². The number of nitrogen functional groups attached to an aromatic ring is 1. The van der Waals surface area contributed by atoms with E-state index in [1.165, 1.54) is 24.9 Å². The SMILES string of the molecule is COc1nc(N)nc2c1ncn2[C@@H]1O[C@H](COP(=O)(O)N[C@@H](C)C(=O)OC(C)C)[C@@H](O)[C@@]1(C)F. The third-order valence-electron chi connectivity index (χ3n) is 5.05. The Kier molecular flexibility index (Phi) is 7.45. The van der Waals surface area contributed by atoms with Gasteiger partial charge in [0.2, 0.25) is 11.8 Å². The molecule has 3 rings (SSSR count). The van der Waals surface area contributed by atoms with Crippen LogP contribution in [0.4, 0.5) is 10.3 Å². The highest BCUT2D eigenvalue weighted by Gasteiger charge is 2.56. The molecule has 14 nitrogen and oxygen atoms in total. The van der Waals surface area contributed by atoms with Crippen LogP contribution in [0.25, 0.3) is 11.2 Å². The van der Waals surface area contributed by atoms with Crippen molar-refractivity contribution < 1.29 is 42.5 Å². The lowest BCUT2D eigenvalue weighted by atomic mass is 9.98. The number of aliphatic hydroxyl groups excluding tert-OH is 1. The number of ether oxygens (including phenoxy) is 3. The Hall–Kier alpha value is -2.42. The van der Waals surface area contributed by atoms with Gasteiger partial charge in [0.15, 0.2) is 23.1 Å². The first-order valence-corrected chi connectivity index (χ1v) is 11.9. The molecule has 1 aliphatic rings. The van der Waals surface area contributed by atoms with Crippen molar-refractivity contribution in [3.05, 3.63) is 6.33 Å². The van der Waals surface area contributed by atoms with Crippen molar-refractivity contribution in [2.45, 2.75) is 63.9 Å². The molecule has 0 spiro atoms. The van der Waals surface area contributed by atoms with Crippen LogP contribution in [-0.2, 0) is 23.4 Å². The standard InChI is InChI=1S/C18H28FN6O8P/c1-8(2)32-15(27)9(3)24-34(28,29)31-6-10-12(26)18(4,19)16(33-10)25-7-21-11-13(25)22-17(20)23-14(11)30-5/h7-10,12,16,26H,6H2,1-5H3,(H2,20,22,23)(H2,24,28,29)/t9-,10+,12+,16+,18+/m0/s1. The Morgan fingerprint density at radius 3 is 2.74 bits per heavy atom. The molecule has 1 unspecified atom stereocenters. The summed E-state index contributed by atoms with van der Waals surface area (Å²) in [5, 5.41) is 12.6. The Morgan fingerprint density at radius 1 is 1.44 bits per heavy atom. The molecule has 0 bridgehead atoms. The molecular weight excluding hydrogens is 478 g/mol. The summed E-state index contributed by atoms with van der Waals surface area (Å²) >= 11 is 0. The molecule has 0 aliphatic carbocycles. The number of rotatable bonds is 9. The quantitative estimate of drug-likeness (QED) is 0.271. The first-order chi connectivity index (χ1) is 15.8. The summed E-state index contributed by atoms with van der Waals surface area (Å²) in [5.74, 6) is -0.842. The zero-order valence-electron chi connectivity index (χ0n) is 19.2. The summed E-state index contributed by atoms with van der Waals surface area (Å²) in [6.07, 6.45) is -3.73. The van der Waals surface area contributed by atoms with Crippen molar-refractivity contribution in [1.82, 2.24) is 24.6 Å². The van der Waals surface area contributed by atoms with Gasteiger partial charge in [0.25, 0.3) is 0 Å². The number of aliphatic hydroxyl groups is 1. The number of carbonyl (C=O) groups excluding carboxylic acids is 1. The van der Waals surface area contributed by atoms with Gasteiger partial charge in [-0.1, -0.05) is 0 Å². The minimum absolute atomic E-state index is 0.0673. The van der Waals surface area contributed by atoms with E-state index in [0.717, 1.165) is 6.92 Å². The van der Waals surface area contributed by atoms with E-state index < -0.39 is 56.6 Å². The van der Waals surface area contributed by atoms with Crippen molar-refractivity contribution in [3.8, 4) is 5.88 Å². The number of imidazole rings is 1. The predicted octanol–water partition coefficient (Wildman–Crippen LogP) is 0.450. The third-order valence-corrected chi connectivity index (χ3v) is 6.26. The number of halogens is 1. The Morgan fingerprint density at radius 2 is 2.12 bits per heavy atom. The molecule has 0 aromatic carbocycles. The first kappa shape index (κ1) is 26.2. The van der Waals surface area contributed by atoms with Crippen LogP contribution in [0.15, 0.2) is 6.33 Å². The van der Waals surface area contributed by atoms with Crippen LogP contribution in [-0.4, -0.2) is 79.2 Å². The number of hydrogen-bond donors (Lipinski definition) is 4. The van der Waals surface area contributed by atoms with Gasteiger partial charge < -0.3 is 29.9 Å². The van der Waals surface area contributed by atoms with E-state index in [4.69, 9.17) is 24.5 Å². The average Bonchev–Trinajstić information content (AvgIpc) is 3.23. The largest absolute Gasteiger partial charge is 0.479 e. The minimum atomic E-state index is -4.54. The number of hydrogen-bond acceptors (Lipinski definition) is 11. The van der Waals surface area contributed by atoms with Crippen molar-refractivity contribution in [2.75, 3.05) is 19.5 Å². The van der Waals surface area contributed by atoms with Gasteiger partial charge >= 0.3 is 13.7 Å². The van der Waals surface area contributed by atoms with Crippen LogP contribution in [0, 0.1) is 0 Å². The predicted molar refractivity (Wildman–Crippen MR) is 115 cm³/mol.